The molecule has 18 heavy (non-hydrogen) atoms. The van der Waals surface area contributed by atoms with E-state index in [1.807, 2.05) is 38.1 Å². The van der Waals surface area contributed by atoms with Crippen LogP contribution in [0.2, 0.25) is 0 Å². The van der Waals surface area contributed by atoms with Crippen LogP contribution < -0.4 is 10.6 Å². The van der Waals surface area contributed by atoms with E-state index >= 15 is 0 Å². The van der Waals surface area contributed by atoms with Crippen LogP contribution in [0.25, 0.3) is 10.9 Å². The first kappa shape index (κ1) is 12.3. The highest BCUT2D eigenvalue weighted by Crippen LogP contribution is 2.17. The second-order valence-electron chi connectivity index (χ2n) is 4.32. The van der Waals surface area contributed by atoms with Crippen molar-refractivity contribution in [3.63, 3.8) is 0 Å². The predicted octanol–water partition coefficient (Wildman–Crippen LogP) is 1.57. The summed E-state index contributed by atoms with van der Waals surface area (Å²) in [7, 11) is 0. The molecule has 2 aromatic rings. The van der Waals surface area contributed by atoms with E-state index in [0.29, 0.717) is 5.82 Å². The van der Waals surface area contributed by atoms with E-state index in [1.54, 1.807) is 0 Å². The molecule has 1 heterocycles. The fraction of sp³-hybridized carbons (Fsp3) is 0.308. The Labute approximate surface area is 106 Å². The molecule has 0 unspecified atom stereocenters. The van der Waals surface area contributed by atoms with Crippen molar-refractivity contribution in [2.24, 2.45) is 0 Å². The number of rotatable bonds is 4. The van der Waals surface area contributed by atoms with Crippen LogP contribution in [0, 0.1) is 0 Å². The lowest BCUT2D eigenvalue weighted by Crippen LogP contribution is -2.35. The van der Waals surface area contributed by atoms with E-state index in [2.05, 4.69) is 20.6 Å². The molecule has 0 aliphatic heterocycles. The Morgan fingerprint density at radius 1 is 1.28 bits per heavy atom. The molecule has 0 saturated carbocycles. The Morgan fingerprint density at radius 3 is 2.83 bits per heavy atom. The zero-order valence-corrected chi connectivity index (χ0v) is 10.5. The maximum Gasteiger partial charge on any atom is 0.239 e. The molecule has 0 fully saturated rings. The van der Waals surface area contributed by atoms with Crippen LogP contribution in [-0.4, -0.2) is 28.5 Å². The minimum absolute atomic E-state index is 0.0484. The molecule has 1 aromatic heterocycles. The van der Waals surface area contributed by atoms with Crippen molar-refractivity contribution in [1.29, 1.82) is 0 Å². The number of benzene rings is 1. The number of aromatic nitrogens is 2. The first-order valence-corrected chi connectivity index (χ1v) is 5.90. The van der Waals surface area contributed by atoms with Gasteiger partial charge in [0.25, 0.3) is 0 Å². The summed E-state index contributed by atoms with van der Waals surface area (Å²) < 4.78 is 0. The van der Waals surface area contributed by atoms with Crippen molar-refractivity contribution in [3.05, 3.63) is 30.6 Å². The summed E-state index contributed by atoms with van der Waals surface area (Å²) in [6.07, 6.45) is 1.49. The number of para-hydroxylation sites is 1. The van der Waals surface area contributed by atoms with Crippen molar-refractivity contribution >= 4 is 22.6 Å². The molecule has 0 radical (unpaired) electrons. The molecule has 0 aliphatic carbocycles. The third-order valence-corrected chi connectivity index (χ3v) is 2.41. The van der Waals surface area contributed by atoms with Gasteiger partial charge in [-0.2, -0.15) is 0 Å². The maximum atomic E-state index is 11.5. The second-order valence-corrected chi connectivity index (χ2v) is 4.32. The van der Waals surface area contributed by atoms with Gasteiger partial charge in [0.2, 0.25) is 5.91 Å². The minimum Gasteiger partial charge on any atom is -0.360 e. The molecule has 0 spiro atoms. The van der Waals surface area contributed by atoms with Gasteiger partial charge in [-0.3, -0.25) is 4.79 Å². The first-order chi connectivity index (χ1) is 8.66. The van der Waals surface area contributed by atoms with Gasteiger partial charge in [-0.05, 0) is 26.0 Å². The lowest BCUT2D eigenvalue weighted by atomic mass is 10.2. The van der Waals surface area contributed by atoms with Gasteiger partial charge in [-0.1, -0.05) is 12.1 Å². The minimum atomic E-state index is -0.0484. The van der Waals surface area contributed by atoms with E-state index in [4.69, 9.17) is 0 Å². The van der Waals surface area contributed by atoms with Crippen LogP contribution in [0.1, 0.15) is 13.8 Å². The molecule has 5 heteroatoms. The van der Waals surface area contributed by atoms with E-state index < -0.39 is 0 Å². The molecule has 2 N–H and O–H groups in total. The summed E-state index contributed by atoms with van der Waals surface area (Å²) in [6, 6.07) is 7.82. The fourth-order valence-corrected chi connectivity index (χ4v) is 1.68. The van der Waals surface area contributed by atoms with Gasteiger partial charge < -0.3 is 10.6 Å². The normalized spacial score (nSPS) is 10.6. The highest BCUT2D eigenvalue weighted by molar-refractivity contribution is 5.90. The Bertz CT molecular complexity index is 548. The van der Waals surface area contributed by atoms with Crippen LogP contribution in [0.3, 0.4) is 0 Å². The summed E-state index contributed by atoms with van der Waals surface area (Å²) in [4.78, 5) is 19.9. The monoisotopic (exact) mass is 244 g/mol. The summed E-state index contributed by atoms with van der Waals surface area (Å²) in [6.45, 7) is 4.06. The van der Waals surface area contributed by atoms with Crippen LogP contribution >= 0.6 is 0 Å². The first-order valence-electron chi connectivity index (χ1n) is 5.90. The van der Waals surface area contributed by atoms with Crippen LogP contribution in [0.5, 0.6) is 0 Å². The van der Waals surface area contributed by atoms with Gasteiger partial charge in [0.1, 0.15) is 12.1 Å². The molecule has 0 atom stereocenters. The molecule has 1 aromatic carbocycles. The molecular weight excluding hydrogens is 228 g/mol. The Kier molecular flexibility index (Phi) is 3.72. The zero-order valence-electron chi connectivity index (χ0n) is 10.5. The molecule has 94 valence electrons. The number of carbonyl (C=O) groups is 1. The largest absolute Gasteiger partial charge is 0.360 e. The smallest absolute Gasteiger partial charge is 0.239 e. The summed E-state index contributed by atoms with van der Waals surface area (Å²) in [5.74, 6) is 0.632. The third kappa shape index (κ3) is 2.94. The van der Waals surface area contributed by atoms with Crippen molar-refractivity contribution in [1.82, 2.24) is 15.3 Å². The Morgan fingerprint density at radius 2 is 2.06 bits per heavy atom. The Balaban J connectivity index is 2.10. The number of nitrogens with zero attached hydrogens (tertiary/aromatic N) is 2. The zero-order chi connectivity index (χ0) is 13.0. The predicted molar refractivity (Wildman–Crippen MR) is 71.3 cm³/mol. The van der Waals surface area contributed by atoms with E-state index in [9.17, 15) is 4.79 Å². The summed E-state index contributed by atoms with van der Waals surface area (Å²) >= 11 is 0. The van der Waals surface area contributed by atoms with Crippen molar-refractivity contribution in [3.8, 4) is 0 Å². The fourth-order valence-electron chi connectivity index (χ4n) is 1.68. The van der Waals surface area contributed by atoms with Gasteiger partial charge in [-0.25, -0.2) is 9.97 Å². The summed E-state index contributed by atoms with van der Waals surface area (Å²) in [5.41, 5.74) is 0.860. The molecule has 5 nitrogen and oxygen atoms in total. The highest BCUT2D eigenvalue weighted by atomic mass is 16.1. The quantitative estimate of drug-likeness (QED) is 0.856. The van der Waals surface area contributed by atoms with E-state index in [1.165, 1.54) is 6.33 Å². The molecule has 0 bridgehead atoms. The van der Waals surface area contributed by atoms with Crippen LogP contribution in [0.15, 0.2) is 30.6 Å². The maximum absolute atomic E-state index is 11.5. The second kappa shape index (κ2) is 5.44. The molecule has 1 amide bonds. The Hall–Kier alpha value is -2.17. The molecule has 2 rings (SSSR count). The van der Waals surface area contributed by atoms with Crippen molar-refractivity contribution in [2.75, 3.05) is 11.9 Å². The lowest BCUT2D eigenvalue weighted by molar-refractivity contribution is -0.119. The van der Waals surface area contributed by atoms with E-state index in [0.717, 1.165) is 10.9 Å². The van der Waals surface area contributed by atoms with Gasteiger partial charge in [-0.15, -0.1) is 0 Å². The standard InChI is InChI=1S/C13H16N4O/c1-9(2)17-12(18)7-14-13-10-5-3-4-6-11(10)15-8-16-13/h3-6,8-9H,7H2,1-2H3,(H,17,18)(H,14,15,16). The summed E-state index contributed by atoms with van der Waals surface area (Å²) in [5, 5.41) is 6.76. The highest BCUT2D eigenvalue weighted by Gasteiger charge is 2.06. The number of anilines is 1. The molecule has 0 saturated heterocycles. The van der Waals surface area contributed by atoms with Crippen molar-refractivity contribution in [2.45, 2.75) is 19.9 Å². The van der Waals surface area contributed by atoms with Gasteiger partial charge >= 0.3 is 0 Å². The topological polar surface area (TPSA) is 66.9 Å². The van der Waals surface area contributed by atoms with Gasteiger partial charge in [0.15, 0.2) is 0 Å². The number of amides is 1. The lowest BCUT2D eigenvalue weighted by Gasteiger charge is -2.10. The number of hydrogen-bond donors (Lipinski definition) is 2. The molecular formula is C13H16N4O. The van der Waals surface area contributed by atoms with E-state index in [-0.39, 0.29) is 18.5 Å². The number of fused-ring (bicyclic) bond motifs is 1. The molecule has 0 aliphatic rings. The van der Waals surface area contributed by atoms with Crippen LogP contribution in [-0.2, 0) is 4.79 Å². The number of hydrogen-bond acceptors (Lipinski definition) is 4. The van der Waals surface area contributed by atoms with Gasteiger partial charge in [0, 0.05) is 11.4 Å². The number of nitrogens with one attached hydrogen (secondary N) is 2. The SMILES string of the molecule is CC(C)NC(=O)CNc1ncnc2ccccc12. The van der Waals surface area contributed by atoms with Gasteiger partial charge in [0.05, 0.1) is 12.1 Å². The van der Waals surface area contributed by atoms with Crippen molar-refractivity contribution < 1.29 is 4.79 Å². The third-order valence-electron chi connectivity index (χ3n) is 2.41. The average Bonchev–Trinajstić information content (AvgIpc) is 2.35. The average molecular weight is 244 g/mol. The van der Waals surface area contributed by atoms with Crippen LogP contribution in [0.4, 0.5) is 5.82 Å². The number of carbonyl (C=O) groups excluding carboxylic acids is 1.